The van der Waals surface area contributed by atoms with Crippen molar-refractivity contribution in [2.24, 2.45) is 0 Å². The van der Waals surface area contributed by atoms with E-state index in [1.165, 1.54) is 16.7 Å². The van der Waals surface area contributed by atoms with Crippen LogP contribution in [-0.4, -0.2) is 4.98 Å². The number of nitrogens with one attached hydrogen (secondary N) is 1. The first-order valence-electron chi connectivity index (χ1n) is 11.3. The molecular formula is C31H22N2O. The van der Waals surface area contributed by atoms with Crippen molar-refractivity contribution in [1.82, 2.24) is 4.98 Å². The molecule has 0 atom stereocenters. The molecule has 0 bridgehead atoms. The first kappa shape index (κ1) is 20.0. The van der Waals surface area contributed by atoms with Gasteiger partial charge in [0.05, 0.1) is 0 Å². The Labute approximate surface area is 198 Å². The van der Waals surface area contributed by atoms with Gasteiger partial charge in [-0.3, -0.25) is 0 Å². The molecule has 0 fully saturated rings. The van der Waals surface area contributed by atoms with Crippen molar-refractivity contribution in [2.45, 2.75) is 0 Å². The summed E-state index contributed by atoms with van der Waals surface area (Å²) < 4.78 is 5.89. The van der Waals surface area contributed by atoms with Gasteiger partial charge in [-0.15, -0.1) is 0 Å². The third-order valence-corrected chi connectivity index (χ3v) is 5.92. The lowest BCUT2D eigenvalue weighted by atomic mass is 9.99. The minimum absolute atomic E-state index is 0.647. The highest BCUT2D eigenvalue weighted by Gasteiger charge is 2.08. The van der Waals surface area contributed by atoms with E-state index in [-0.39, 0.29) is 0 Å². The van der Waals surface area contributed by atoms with Crippen molar-refractivity contribution in [3.05, 3.63) is 127 Å². The van der Waals surface area contributed by atoms with Gasteiger partial charge in [0.25, 0.3) is 0 Å². The molecule has 0 radical (unpaired) electrons. The van der Waals surface area contributed by atoms with Gasteiger partial charge in [-0.05, 0) is 70.8 Å². The zero-order valence-corrected chi connectivity index (χ0v) is 18.5. The molecule has 3 heteroatoms. The fraction of sp³-hybridized carbons (Fsp3) is 0. The fourth-order valence-electron chi connectivity index (χ4n) is 4.09. The van der Waals surface area contributed by atoms with Crippen LogP contribution in [-0.2, 0) is 0 Å². The third kappa shape index (κ3) is 4.07. The second-order valence-corrected chi connectivity index (χ2v) is 8.21. The Bertz CT molecular complexity index is 1500. The summed E-state index contributed by atoms with van der Waals surface area (Å²) >= 11 is 0. The van der Waals surface area contributed by atoms with Crippen molar-refractivity contribution in [2.75, 3.05) is 5.32 Å². The highest BCUT2D eigenvalue weighted by Crippen LogP contribution is 2.29. The standard InChI is InChI=1S/C31H22N2O/c1-2-6-27(7-3-1)32-28-20-18-25(19-21-28)23-12-10-22(11-13-23)24-14-16-26(17-15-24)31-33-29-8-4-5-9-30(29)34-31/h1-21,32H. The summed E-state index contributed by atoms with van der Waals surface area (Å²) in [5.41, 5.74) is 9.54. The summed E-state index contributed by atoms with van der Waals surface area (Å²) in [6.45, 7) is 0. The Morgan fingerprint density at radius 3 is 1.50 bits per heavy atom. The number of nitrogens with zero attached hydrogens (tertiary/aromatic N) is 1. The number of para-hydroxylation sites is 3. The Morgan fingerprint density at radius 2 is 0.912 bits per heavy atom. The fourth-order valence-corrected chi connectivity index (χ4v) is 4.09. The normalized spacial score (nSPS) is 10.9. The van der Waals surface area contributed by atoms with Crippen LogP contribution in [0, 0.1) is 0 Å². The van der Waals surface area contributed by atoms with Gasteiger partial charge in [0, 0.05) is 16.9 Å². The molecule has 0 saturated carbocycles. The first-order chi connectivity index (χ1) is 16.8. The Morgan fingerprint density at radius 1 is 0.441 bits per heavy atom. The maximum Gasteiger partial charge on any atom is 0.227 e. The van der Waals surface area contributed by atoms with Crippen molar-refractivity contribution in [3.63, 3.8) is 0 Å². The monoisotopic (exact) mass is 438 g/mol. The average molecular weight is 439 g/mol. The molecule has 6 rings (SSSR count). The molecule has 0 amide bonds. The number of anilines is 2. The third-order valence-electron chi connectivity index (χ3n) is 5.92. The lowest BCUT2D eigenvalue weighted by molar-refractivity contribution is 0.620. The Hall–Kier alpha value is -4.63. The first-order valence-corrected chi connectivity index (χ1v) is 11.3. The SMILES string of the molecule is c1ccc(Nc2ccc(-c3ccc(-c4ccc(-c5nc6ccccc6o5)cc4)cc3)cc2)cc1. The van der Waals surface area contributed by atoms with E-state index >= 15 is 0 Å². The number of aromatic nitrogens is 1. The van der Waals surface area contributed by atoms with E-state index in [0.717, 1.165) is 33.6 Å². The quantitative estimate of drug-likeness (QED) is 0.293. The number of hydrogen-bond donors (Lipinski definition) is 1. The Kier molecular flexibility index (Phi) is 5.13. The molecule has 0 unspecified atom stereocenters. The highest BCUT2D eigenvalue weighted by atomic mass is 16.3. The van der Waals surface area contributed by atoms with E-state index in [9.17, 15) is 0 Å². The van der Waals surface area contributed by atoms with Gasteiger partial charge in [-0.2, -0.15) is 0 Å². The van der Waals surface area contributed by atoms with Crippen LogP contribution in [0.3, 0.4) is 0 Å². The van der Waals surface area contributed by atoms with E-state index in [2.05, 4.69) is 95.2 Å². The van der Waals surface area contributed by atoms with Crippen LogP contribution in [0.25, 0.3) is 44.8 Å². The molecule has 1 heterocycles. The molecule has 0 spiro atoms. The Balaban J connectivity index is 1.18. The molecule has 0 aliphatic heterocycles. The molecule has 5 aromatic carbocycles. The minimum atomic E-state index is 0.647. The summed E-state index contributed by atoms with van der Waals surface area (Å²) in [6.07, 6.45) is 0. The highest BCUT2D eigenvalue weighted by molar-refractivity contribution is 5.77. The second kappa shape index (κ2) is 8.72. The molecule has 162 valence electrons. The number of rotatable bonds is 5. The van der Waals surface area contributed by atoms with Gasteiger partial charge in [-0.25, -0.2) is 4.98 Å². The lowest BCUT2D eigenvalue weighted by Crippen LogP contribution is -1.89. The van der Waals surface area contributed by atoms with E-state index in [1.807, 2.05) is 42.5 Å². The van der Waals surface area contributed by atoms with Crippen LogP contribution in [0.4, 0.5) is 11.4 Å². The molecular weight excluding hydrogens is 416 g/mol. The second-order valence-electron chi connectivity index (χ2n) is 8.21. The summed E-state index contributed by atoms with van der Waals surface area (Å²) in [7, 11) is 0. The van der Waals surface area contributed by atoms with E-state index in [1.54, 1.807) is 0 Å². The van der Waals surface area contributed by atoms with E-state index in [0.29, 0.717) is 5.89 Å². The van der Waals surface area contributed by atoms with Gasteiger partial charge >= 0.3 is 0 Å². The van der Waals surface area contributed by atoms with Gasteiger partial charge < -0.3 is 9.73 Å². The van der Waals surface area contributed by atoms with Gasteiger partial charge in [-0.1, -0.05) is 78.9 Å². The zero-order valence-electron chi connectivity index (χ0n) is 18.5. The smallest absolute Gasteiger partial charge is 0.227 e. The van der Waals surface area contributed by atoms with Crippen LogP contribution in [0.15, 0.2) is 132 Å². The molecule has 6 aromatic rings. The summed E-state index contributed by atoms with van der Waals surface area (Å²) in [5, 5.41) is 3.43. The van der Waals surface area contributed by atoms with Gasteiger partial charge in [0.2, 0.25) is 5.89 Å². The molecule has 34 heavy (non-hydrogen) atoms. The number of oxazole rings is 1. The van der Waals surface area contributed by atoms with Crippen LogP contribution in [0.2, 0.25) is 0 Å². The number of fused-ring (bicyclic) bond motifs is 1. The minimum Gasteiger partial charge on any atom is -0.436 e. The molecule has 0 saturated heterocycles. The molecule has 0 aliphatic rings. The summed E-state index contributed by atoms with van der Waals surface area (Å²) in [6, 6.07) is 43.6. The average Bonchev–Trinajstić information content (AvgIpc) is 3.35. The van der Waals surface area contributed by atoms with Crippen molar-refractivity contribution in [3.8, 4) is 33.7 Å². The molecule has 1 N–H and O–H groups in total. The number of benzene rings is 5. The predicted octanol–water partition coefficient (Wildman–Crippen LogP) is 8.57. The van der Waals surface area contributed by atoms with E-state index < -0.39 is 0 Å². The predicted molar refractivity (Wildman–Crippen MR) is 140 cm³/mol. The largest absolute Gasteiger partial charge is 0.436 e. The zero-order chi connectivity index (χ0) is 22.7. The molecule has 0 aliphatic carbocycles. The number of hydrogen-bond acceptors (Lipinski definition) is 3. The summed E-state index contributed by atoms with van der Waals surface area (Å²) in [5.74, 6) is 0.647. The maximum absolute atomic E-state index is 5.89. The molecule has 1 aromatic heterocycles. The maximum atomic E-state index is 5.89. The van der Waals surface area contributed by atoms with Crippen molar-refractivity contribution >= 4 is 22.5 Å². The van der Waals surface area contributed by atoms with E-state index in [4.69, 9.17) is 4.42 Å². The summed E-state index contributed by atoms with van der Waals surface area (Å²) in [4.78, 5) is 4.59. The van der Waals surface area contributed by atoms with Crippen LogP contribution < -0.4 is 5.32 Å². The lowest BCUT2D eigenvalue weighted by Gasteiger charge is -2.09. The van der Waals surface area contributed by atoms with Crippen molar-refractivity contribution < 1.29 is 4.42 Å². The van der Waals surface area contributed by atoms with Gasteiger partial charge in [0.1, 0.15) is 5.52 Å². The van der Waals surface area contributed by atoms with Crippen molar-refractivity contribution in [1.29, 1.82) is 0 Å². The topological polar surface area (TPSA) is 38.1 Å². The molecule has 3 nitrogen and oxygen atoms in total. The van der Waals surface area contributed by atoms with Crippen LogP contribution in [0.1, 0.15) is 0 Å². The van der Waals surface area contributed by atoms with Crippen LogP contribution >= 0.6 is 0 Å². The van der Waals surface area contributed by atoms with Crippen LogP contribution in [0.5, 0.6) is 0 Å². The van der Waals surface area contributed by atoms with Gasteiger partial charge in [0.15, 0.2) is 5.58 Å².